The molecule has 1 aromatic carbocycles. The van der Waals surface area contributed by atoms with Crippen molar-refractivity contribution in [3.05, 3.63) is 29.8 Å². The predicted octanol–water partition coefficient (Wildman–Crippen LogP) is 2.34. The van der Waals surface area contributed by atoms with Crippen molar-refractivity contribution in [1.29, 1.82) is 0 Å². The van der Waals surface area contributed by atoms with E-state index in [2.05, 4.69) is 5.32 Å². The Balaban J connectivity index is 1.84. The van der Waals surface area contributed by atoms with Gasteiger partial charge in [-0.2, -0.15) is 0 Å². The number of rotatable bonds is 6. The van der Waals surface area contributed by atoms with Crippen LogP contribution in [-0.4, -0.2) is 65.8 Å². The quantitative estimate of drug-likeness (QED) is 0.792. The molecule has 3 amide bonds. The first kappa shape index (κ1) is 20.1. The molecule has 0 unspecified atom stereocenters. The number of amides is 3. The Morgan fingerprint density at radius 1 is 1.27 bits per heavy atom. The average molecular weight is 379 g/mol. The van der Waals surface area contributed by atoms with Gasteiger partial charge >= 0.3 is 12.0 Å². The lowest BCUT2D eigenvalue weighted by atomic mass is 9.96. The van der Waals surface area contributed by atoms with Gasteiger partial charge in [-0.15, -0.1) is 11.8 Å². The number of carbonyl (C=O) groups excluding carboxylic acids is 2. The van der Waals surface area contributed by atoms with E-state index in [1.165, 1.54) is 11.8 Å². The first-order chi connectivity index (χ1) is 12.4. The molecule has 0 atom stereocenters. The molecule has 2 N–H and O–H groups in total. The third-order valence-electron chi connectivity index (χ3n) is 4.21. The minimum atomic E-state index is -0.835. The zero-order valence-electron chi connectivity index (χ0n) is 15.1. The number of aliphatic carboxylic acids is 1. The van der Waals surface area contributed by atoms with Gasteiger partial charge < -0.3 is 20.2 Å². The van der Waals surface area contributed by atoms with Gasteiger partial charge in [-0.3, -0.25) is 9.59 Å². The monoisotopic (exact) mass is 379 g/mol. The molecule has 1 heterocycles. The maximum atomic E-state index is 12.5. The third-order valence-corrected chi connectivity index (χ3v) is 5.20. The van der Waals surface area contributed by atoms with E-state index in [1.807, 2.05) is 24.3 Å². The molecule has 142 valence electrons. The van der Waals surface area contributed by atoms with Crippen molar-refractivity contribution in [3.8, 4) is 0 Å². The van der Waals surface area contributed by atoms with Gasteiger partial charge in [-0.25, -0.2) is 4.79 Å². The number of nitrogens with zero attached hydrogens (tertiary/aromatic N) is 2. The van der Waals surface area contributed by atoms with E-state index < -0.39 is 5.97 Å². The predicted molar refractivity (Wildman–Crippen MR) is 102 cm³/mol. The number of hydrogen-bond acceptors (Lipinski definition) is 4. The molecule has 2 rings (SSSR count). The number of thioether (sulfide) groups is 1. The first-order valence-electron chi connectivity index (χ1n) is 8.52. The van der Waals surface area contributed by atoms with Crippen LogP contribution in [-0.2, 0) is 15.3 Å². The lowest BCUT2D eigenvalue weighted by molar-refractivity contribution is -0.133. The second-order valence-corrected chi connectivity index (χ2v) is 7.50. The van der Waals surface area contributed by atoms with Gasteiger partial charge in [0, 0.05) is 44.5 Å². The number of carboxylic acid groups (broad SMARTS) is 1. The summed E-state index contributed by atoms with van der Waals surface area (Å²) in [6, 6.07) is 7.45. The third kappa shape index (κ3) is 5.94. The molecule has 0 saturated carbocycles. The Hall–Kier alpha value is -2.22. The van der Waals surface area contributed by atoms with E-state index in [0.717, 1.165) is 11.3 Å². The molecular formula is C18H25N3O4S. The fourth-order valence-corrected chi connectivity index (χ4v) is 3.55. The van der Waals surface area contributed by atoms with Gasteiger partial charge in [0.05, 0.1) is 5.75 Å². The van der Waals surface area contributed by atoms with E-state index >= 15 is 0 Å². The highest BCUT2D eigenvalue weighted by Gasteiger charge is 2.28. The second-order valence-electron chi connectivity index (χ2n) is 6.51. The summed E-state index contributed by atoms with van der Waals surface area (Å²) in [5.74, 6) is -0.330. The van der Waals surface area contributed by atoms with Crippen molar-refractivity contribution < 1.29 is 19.5 Å². The summed E-state index contributed by atoms with van der Waals surface area (Å²) >= 11 is 1.32. The van der Waals surface area contributed by atoms with Crippen LogP contribution in [0.2, 0.25) is 0 Å². The van der Waals surface area contributed by atoms with Gasteiger partial charge in [0.15, 0.2) is 0 Å². The maximum absolute atomic E-state index is 12.5. The van der Waals surface area contributed by atoms with Crippen LogP contribution >= 0.6 is 11.8 Å². The number of piperidine rings is 1. The van der Waals surface area contributed by atoms with Gasteiger partial charge in [-0.1, -0.05) is 12.1 Å². The summed E-state index contributed by atoms with van der Waals surface area (Å²) in [6.45, 7) is 1.17. The second kappa shape index (κ2) is 9.47. The molecule has 7 nitrogen and oxygen atoms in total. The summed E-state index contributed by atoms with van der Waals surface area (Å²) in [5.41, 5.74) is 1.69. The van der Waals surface area contributed by atoms with Crippen molar-refractivity contribution in [2.75, 3.05) is 38.3 Å². The Morgan fingerprint density at radius 3 is 2.58 bits per heavy atom. The molecule has 1 fully saturated rings. The lowest BCUT2D eigenvalue weighted by Crippen LogP contribution is -2.45. The van der Waals surface area contributed by atoms with E-state index in [1.54, 1.807) is 23.9 Å². The van der Waals surface area contributed by atoms with E-state index in [9.17, 15) is 14.4 Å². The molecule has 0 aromatic heterocycles. The normalized spacial score (nSPS) is 14.8. The summed E-state index contributed by atoms with van der Waals surface area (Å²) in [6.07, 6.45) is 1.30. The topological polar surface area (TPSA) is 90.0 Å². The summed E-state index contributed by atoms with van der Waals surface area (Å²) < 4.78 is 0. The van der Waals surface area contributed by atoms with E-state index in [-0.39, 0.29) is 23.6 Å². The van der Waals surface area contributed by atoms with Gasteiger partial charge in [0.2, 0.25) is 5.91 Å². The summed E-state index contributed by atoms with van der Waals surface area (Å²) in [4.78, 5) is 38.3. The largest absolute Gasteiger partial charge is 0.481 e. The van der Waals surface area contributed by atoms with Gasteiger partial charge in [-0.05, 0) is 30.5 Å². The Kier molecular flexibility index (Phi) is 7.32. The zero-order chi connectivity index (χ0) is 19.1. The van der Waals surface area contributed by atoms with Gasteiger partial charge in [0.1, 0.15) is 0 Å². The van der Waals surface area contributed by atoms with Crippen LogP contribution in [0.1, 0.15) is 18.4 Å². The number of nitrogens with one attached hydrogen (secondary N) is 1. The molecule has 1 saturated heterocycles. The Morgan fingerprint density at radius 2 is 1.96 bits per heavy atom. The van der Waals surface area contributed by atoms with E-state index in [4.69, 9.17) is 5.11 Å². The molecule has 0 bridgehead atoms. The minimum Gasteiger partial charge on any atom is -0.481 e. The highest BCUT2D eigenvalue weighted by Crippen LogP contribution is 2.21. The molecule has 0 radical (unpaired) electrons. The minimum absolute atomic E-state index is 0.0181. The van der Waals surface area contributed by atoms with Crippen LogP contribution < -0.4 is 5.32 Å². The standard InChI is InChI=1S/C18H25N3O4S/c1-20(2)18(25)21-8-6-14(7-9-21)17(24)19-15-5-3-4-13(10-15)11-26-12-16(22)23/h3-5,10,14H,6-9,11-12H2,1-2H3,(H,19,24)(H,22,23). The van der Waals surface area contributed by atoms with Crippen LogP contribution in [0.3, 0.4) is 0 Å². The van der Waals surface area contributed by atoms with Crippen LogP contribution in [0.5, 0.6) is 0 Å². The molecular weight excluding hydrogens is 354 g/mol. The zero-order valence-corrected chi connectivity index (χ0v) is 15.9. The highest BCUT2D eigenvalue weighted by atomic mass is 32.2. The van der Waals surface area contributed by atoms with Crippen molar-refractivity contribution in [3.63, 3.8) is 0 Å². The smallest absolute Gasteiger partial charge is 0.319 e. The van der Waals surface area contributed by atoms with Gasteiger partial charge in [0.25, 0.3) is 0 Å². The number of likely N-dealkylation sites (tertiary alicyclic amines) is 1. The van der Waals surface area contributed by atoms with Crippen molar-refractivity contribution in [1.82, 2.24) is 9.80 Å². The summed E-state index contributed by atoms with van der Waals surface area (Å²) in [5, 5.41) is 11.6. The van der Waals surface area contributed by atoms with Crippen LogP contribution in [0.15, 0.2) is 24.3 Å². The highest BCUT2D eigenvalue weighted by molar-refractivity contribution is 7.99. The first-order valence-corrected chi connectivity index (χ1v) is 9.68. The molecule has 1 aromatic rings. The van der Waals surface area contributed by atoms with Crippen LogP contribution in [0, 0.1) is 5.92 Å². The fraction of sp³-hybridized carbons (Fsp3) is 0.500. The molecule has 8 heteroatoms. The number of hydrogen-bond donors (Lipinski definition) is 2. The number of carbonyl (C=O) groups is 3. The maximum Gasteiger partial charge on any atom is 0.319 e. The number of benzene rings is 1. The molecule has 1 aliphatic heterocycles. The molecule has 0 aliphatic carbocycles. The fourth-order valence-electron chi connectivity index (χ4n) is 2.86. The van der Waals surface area contributed by atoms with Crippen molar-refractivity contribution in [2.45, 2.75) is 18.6 Å². The van der Waals surface area contributed by atoms with Crippen LogP contribution in [0.25, 0.3) is 0 Å². The Bertz CT molecular complexity index is 658. The average Bonchev–Trinajstić information content (AvgIpc) is 2.61. The molecule has 1 aliphatic rings. The Labute approximate surface area is 157 Å². The van der Waals surface area contributed by atoms with Crippen molar-refractivity contribution in [2.24, 2.45) is 5.92 Å². The SMILES string of the molecule is CN(C)C(=O)N1CCC(C(=O)Nc2cccc(CSCC(=O)O)c2)CC1. The molecule has 26 heavy (non-hydrogen) atoms. The van der Waals surface area contributed by atoms with Crippen LogP contribution in [0.4, 0.5) is 10.5 Å². The number of urea groups is 1. The summed E-state index contributed by atoms with van der Waals surface area (Å²) in [7, 11) is 3.45. The number of anilines is 1. The number of carboxylic acids is 1. The van der Waals surface area contributed by atoms with Crippen molar-refractivity contribution >= 4 is 35.4 Å². The van der Waals surface area contributed by atoms with E-state index in [0.29, 0.717) is 31.7 Å². The lowest BCUT2D eigenvalue weighted by Gasteiger charge is -2.33. The molecule has 0 spiro atoms.